The van der Waals surface area contributed by atoms with Crippen LogP contribution in [0.2, 0.25) is 0 Å². The van der Waals surface area contributed by atoms with E-state index in [4.69, 9.17) is 5.11 Å². The Kier molecular flexibility index (Phi) is 8.95. The molecule has 0 aliphatic carbocycles. The summed E-state index contributed by atoms with van der Waals surface area (Å²) in [5.74, 6) is -0.987. The summed E-state index contributed by atoms with van der Waals surface area (Å²) in [6.45, 7) is 10.9. The molecule has 2 N–H and O–H groups in total. The third kappa shape index (κ3) is 7.00. The van der Waals surface area contributed by atoms with Gasteiger partial charge in [0.15, 0.2) is 0 Å². The zero-order valence-corrected chi connectivity index (χ0v) is 12.5. The maximum Gasteiger partial charge on any atom is 0.323 e. The van der Waals surface area contributed by atoms with Crippen LogP contribution in [0.4, 0.5) is 4.79 Å². The number of urea groups is 1. The minimum atomic E-state index is -0.987. The molecule has 0 aliphatic heterocycles. The third-order valence-corrected chi connectivity index (χ3v) is 3.29. The normalized spacial score (nSPS) is 12.3. The summed E-state index contributed by atoms with van der Waals surface area (Å²) in [6.07, 6.45) is 0.733. The van der Waals surface area contributed by atoms with E-state index in [1.807, 2.05) is 13.8 Å². The van der Waals surface area contributed by atoms with Crippen LogP contribution in [0.1, 0.15) is 34.1 Å². The highest BCUT2D eigenvalue weighted by Crippen LogP contribution is 2.03. The first-order chi connectivity index (χ1) is 8.96. The number of carboxylic acid groups (broad SMARTS) is 1. The van der Waals surface area contributed by atoms with Crippen molar-refractivity contribution in [2.45, 2.75) is 40.2 Å². The highest BCUT2D eigenvalue weighted by Gasteiger charge is 2.21. The predicted octanol–water partition coefficient (Wildman–Crippen LogP) is 1.22. The topological polar surface area (TPSA) is 72.9 Å². The number of carbonyl (C=O) groups is 2. The molecule has 112 valence electrons. The molecule has 0 aromatic rings. The van der Waals surface area contributed by atoms with E-state index in [1.165, 1.54) is 4.90 Å². The largest absolute Gasteiger partial charge is 0.480 e. The van der Waals surface area contributed by atoms with Crippen LogP contribution in [0.15, 0.2) is 0 Å². The van der Waals surface area contributed by atoms with Gasteiger partial charge >= 0.3 is 12.0 Å². The molecule has 6 heteroatoms. The van der Waals surface area contributed by atoms with Crippen LogP contribution in [0.25, 0.3) is 0 Å². The molecule has 0 aromatic heterocycles. The molecule has 2 amide bonds. The molecular formula is C13H27N3O3. The Hall–Kier alpha value is -1.30. The molecule has 1 unspecified atom stereocenters. The molecule has 1 atom stereocenters. The number of aliphatic carboxylic acids is 1. The highest BCUT2D eigenvalue weighted by atomic mass is 16.4. The molecule has 6 nitrogen and oxygen atoms in total. The van der Waals surface area contributed by atoms with Crippen LogP contribution in [0, 0.1) is 0 Å². The van der Waals surface area contributed by atoms with E-state index in [0.29, 0.717) is 6.54 Å². The molecular weight excluding hydrogens is 246 g/mol. The van der Waals surface area contributed by atoms with Crippen LogP contribution < -0.4 is 5.32 Å². The molecule has 0 saturated heterocycles. The second-order valence-electron chi connectivity index (χ2n) is 4.54. The zero-order valence-electron chi connectivity index (χ0n) is 12.5. The lowest BCUT2D eigenvalue weighted by molar-refractivity contribution is -0.138. The number of hydrogen-bond donors (Lipinski definition) is 2. The molecule has 0 rings (SSSR count). The molecule has 0 spiro atoms. The molecule has 0 fully saturated rings. The van der Waals surface area contributed by atoms with Crippen molar-refractivity contribution in [2.75, 3.05) is 32.7 Å². The van der Waals surface area contributed by atoms with Gasteiger partial charge in [0.1, 0.15) is 6.54 Å². The number of rotatable bonds is 9. The van der Waals surface area contributed by atoms with Crippen molar-refractivity contribution in [2.24, 2.45) is 0 Å². The van der Waals surface area contributed by atoms with Gasteiger partial charge in [0.25, 0.3) is 0 Å². The van der Waals surface area contributed by atoms with E-state index in [9.17, 15) is 9.59 Å². The smallest absolute Gasteiger partial charge is 0.323 e. The molecule has 0 bridgehead atoms. The molecule has 0 saturated carbocycles. The van der Waals surface area contributed by atoms with Gasteiger partial charge in [-0.1, -0.05) is 20.8 Å². The average Bonchev–Trinajstić information content (AvgIpc) is 2.39. The van der Waals surface area contributed by atoms with Gasteiger partial charge < -0.3 is 20.2 Å². The lowest BCUT2D eigenvalue weighted by Gasteiger charge is -2.27. The van der Waals surface area contributed by atoms with Gasteiger partial charge in [0.2, 0.25) is 0 Å². The van der Waals surface area contributed by atoms with Crippen molar-refractivity contribution in [1.82, 2.24) is 15.1 Å². The third-order valence-electron chi connectivity index (χ3n) is 3.29. The molecule has 0 radical (unpaired) electrons. The SMILES string of the molecule is CCC(C)N(CC(=O)O)C(=O)NCCN(CC)CC. The van der Waals surface area contributed by atoms with Crippen molar-refractivity contribution in [3.63, 3.8) is 0 Å². The predicted molar refractivity (Wildman–Crippen MR) is 75.3 cm³/mol. The minimum absolute atomic E-state index is 0.0791. The lowest BCUT2D eigenvalue weighted by Crippen LogP contribution is -2.48. The lowest BCUT2D eigenvalue weighted by atomic mass is 10.2. The number of likely N-dealkylation sites (N-methyl/N-ethyl adjacent to an activating group) is 1. The van der Waals surface area contributed by atoms with Crippen LogP contribution in [-0.2, 0) is 4.79 Å². The summed E-state index contributed by atoms with van der Waals surface area (Å²) in [5, 5.41) is 11.6. The van der Waals surface area contributed by atoms with Gasteiger partial charge in [-0.3, -0.25) is 4.79 Å². The number of nitrogens with one attached hydrogen (secondary N) is 1. The summed E-state index contributed by atoms with van der Waals surface area (Å²) >= 11 is 0. The Morgan fingerprint density at radius 2 is 1.79 bits per heavy atom. The summed E-state index contributed by atoms with van der Waals surface area (Å²) in [6, 6.07) is -0.381. The van der Waals surface area contributed by atoms with E-state index in [1.54, 1.807) is 0 Å². The maximum atomic E-state index is 12.0. The number of nitrogens with zero attached hydrogens (tertiary/aromatic N) is 2. The Morgan fingerprint density at radius 3 is 2.21 bits per heavy atom. The van der Waals surface area contributed by atoms with Gasteiger partial charge in [-0.15, -0.1) is 0 Å². The van der Waals surface area contributed by atoms with Gasteiger partial charge in [0, 0.05) is 19.1 Å². The maximum absolute atomic E-state index is 12.0. The molecule has 19 heavy (non-hydrogen) atoms. The summed E-state index contributed by atoms with van der Waals surface area (Å²) in [4.78, 5) is 26.3. The number of carbonyl (C=O) groups excluding carboxylic acids is 1. The first-order valence-electron chi connectivity index (χ1n) is 6.94. The van der Waals surface area contributed by atoms with E-state index in [2.05, 4.69) is 24.1 Å². The molecule has 0 aromatic carbocycles. The number of carboxylic acids is 1. The Balaban J connectivity index is 4.28. The minimum Gasteiger partial charge on any atom is -0.480 e. The van der Waals surface area contributed by atoms with Crippen molar-refractivity contribution >= 4 is 12.0 Å². The molecule has 0 heterocycles. The zero-order chi connectivity index (χ0) is 14.8. The summed E-state index contributed by atoms with van der Waals surface area (Å²) in [7, 11) is 0. The van der Waals surface area contributed by atoms with Crippen LogP contribution >= 0.6 is 0 Å². The Bertz CT molecular complexity index is 280. The number of hydrogen-bond acceptors (Lipinski definition) is 3. The summed E-state index contributed by atoms with van der Waals surface area (Å²) < 4.78 is 0. The second-order valence-corrected chi connectivity index (χ2v) is 4.54. The summed E-state index contributed by atoms with van der Waals surface area (Å²) in [5.41, 5.74) is 0. The van der Waals surface area contributed by atoms with Gasteiger partial charge in [-0.2, -0.15) is 0 Å². The first-order valence-corrected chi connectivity index (χ1v) is 6.94. The van der Waals surface area contributed by atoms with Gasteiger partial charge in [0.05, 0.1) is 0 Å². The van der Waals surface area contributed by atoms with Crippen LogP contribution in [0.5, 0.6) is 0 Å². The van der Waals surface area contributed by atoms with E-state index in [-0.39, 0.29) is 18.6 Å². The van der Waals surface area contributed by atoms with E-state index < -0.39 is 5.97 Å². The fourth-order valence-electron chi connectivity index (χ4n) is 1.76. The second kappa shape index (κ2) is 9.61. The average molecular weight is 273 g/mol. The Morgan fingerprint density at radius 1 is 1.21 bits per heavy atom. The molecule has 0 aliphatic rings. The van der Waals surface area contributed by atoms with Crippen LogP contribution in [-0.4, -0.2) is 65.7 Å². The quantitative estimate of drug-likeness (QED) is 0.662. The highest BCUT2D eigenvalue weighted by molar-refractivity contribution is 5.80. The monoisotopic (exact) mass is 273 g/mol. The van der Waals surface area contributed by atoms with Crippen LogP contribution in [0.3, 0.4) is 0 Å². The van der Waals surface area contributed by atoms with Crippen molar-refractivity contribution in [3.05, 3.63) is 0 Å². The van der Waals surface area contributed by atoms with Crippen molar-refractivity contribution in [1.29, 1.82) is 0 Å². The van der Waals surface area contributed by atoms with Crippen molar-refractivity contribution < 1.29 is 14.7 Å². The fraction of sp³-hybridized carbons (Fsp3) is 0.846. The van der Waals surface area contributed by atoms with E-state index >= 15 is 0 Å². The fourth-order valence-corrected chi connectivity index (χ4v) is 1.76. The first kappa shape index (κ1) is 17.7. The Labute approximate surface area is 115 Å². The van der Waals surface area contributed by atoms with E-state index in [0.717, 1.165) is 26.1 Å². The standard InChI is InChI=1S/C13H27N3O3/c1-5-11(4)16(10-12(17)18)13(19)14-8-9-15(6-2)7-3/h11H,5-10H2,1-4H3,(H,14,19)(H,17,18). The number of amides is 2. The van der Waals surface area contributed by atoms with Gasteiger partial charge in [-0.05, 0) is 26.4 Å². The van der Waals surface area contributed by atoms with Gasteiger partial charge in [-0.25, -0.2) is 4.79 Å². The van der Waals surface area contributed by atoms with Crippen molar-refractivity contribution in [3.8, 4) is 0 Å².